The van der Waals surface area contributed by atoms with E-state index in [9.17, 15) is 21.6 Å². The van der Waals surface area contributed by atoms with Crippen LogP contribution in [-0.4, -0.2) is 57.4 Å². The van der Waals surface area contributed by atoms with E-state index in [4.69, 9.17) is 0 Å². The Morgan fingerprint density at radius 2 is 2.00 bits per heavy atom. The molecule has 1 N–H and O–H groups in total. The minimum Gasteiger partial charge on any atom is -0.326 e. The predicted octanol–water partition coefficient (Wildman–Crippen LogP) is 1.08. The van der Waals surface area contributed by atoms with E-state index >= 15 is 0 Å². The minimum absolute atomic E-state index is 0.0155. The Labute approximate surface area is 149 Å². The highest BCUT2D eigenvalue weighted by molar-refractivity contribution is 7.92. The van der Waals surface area contributed by atoms with Crippen LogP contribution in [0, 0.1) is 13.8 Å². The number of hydrogen-bond donors (Lipinski definition) is 1. The van der Waals surface area contributed by atoms with Gasteiger partial charge in [0.05, 0.1) is 17.8 Å². The molecule has 2 rings (SSSR count). The van der Waals surface area contributed by atoms with Gasteiger partial charge in [0.25, 0.3) is 0 Å². The number of hydrogen-bond acceptors (Lipinski definition) is 5. The zero-order valence-corrected chi connectivity index (χ0v) is 16.3. The van der Waals surface area contributed by atoms with Crippen LogP contribution in [0.2, 0.25) is 0 Å². The number of sulfonamides is 1. The van der Waals surface area contributed by atoms with E-state index in [1.54, 1.807) is 0 Å². The van der Waals surface area contributed by atoms with Crippen LogP contribution in [-0.2, 0) is 24.7 Å². The van der Waals surface area contributed by atoms with Gasteiger partial charge in [0, 0.05) is 24.7 Å². The molecule has 0 radical (unpaired) electrons. The zero-order chi connectivity index (χ0) is 18.8. The molecule has 0 aromatic heterocycles. The van der Waals surface area contributed by atoms with E-state index < -0.39 is 25.9 Å². The molecule has 1 heterocycles. The molecule has 7 nitrogen and oxygen atoms in total. The molecular formula is C16H24N2O5S2. The maximum atomic E-state index is 12.2. The topological polar surface area (TPSA) is 101 Å². The summed E-state index contributed by atoms with van der Waals surface area (Å²) in [6, 6.07) is 5.10. The standard InChI is InChI=1S/C16H24N2O5S2/c1-12-4-5-13(2)15(10-12)17-16(19)6-8-18(24(3,20)21)14-7-9-25(22,23)11-14/h4-5,10,14H,6-9,11H2,1-3H3,(H,17,19). The molecule has 1 saturated heterocycles. The lowest BCUT2D eigenvalue weighted by molar-refractivity contribution is -0.116. The van der Waals surface area contributed by atoms with Gasteiger partial charge in [-0.25, -0.2) is 16.8 Å². The summed E-state index contributed by atoms with van der Waals surface area (Å²) in [5, 5.41) is 2.79. The minimum atomic E-state index is -3.59. The molecular weight excluding hydrogens is 364 g/mol. The smallest absolute Gasteiger partial charge is 0.225 e. The first-order valence-corrected chi connectivity index (χ1v) is 11.7. The lowest BCUT2D eigenvalue weighted by atomic mass is 10.1. The summed E-state index contributed by atoms with van der Waals surface area (Å²) < 4.78 is 48.4. The lowest BCUT2D eigenvalue weighted by Crippen LogP contribution is -2.42. The van der Waals surface area contributed by atoms with Gasteiger partial charge in [0.1, 0.15) is 0 Å². The second-order valence-corrected chi connectivity index (χ2v) is 10.7. The third-order valence-electron chi connectivity index (χ3n) is 4.27. The number of sulfone groups is 1. The van der Waals surface area contributed by atoms with Crippen LogP contribution in [0.25, 0.3) is 0 Å². The average Bonchev–Trinajstić information content (AvgIpc) is 2.81. The van der Waals surface area contributed by atoms with Crippen molar-refractivity contribution < 1.29 is 21.6 Å². The van der Waals surface area contributed by atoms with Gasteiger partial charge in [-0.3, -0.25) is 4.79 Å². The van der Waals surface area contributed by atoms with E-state index in [2.05, 4.69) is 5.32 Å². The molecule has 0 aliphatic carbocycles. The SMILES string of the molecule is Cc1ccc(C)c(NC(=O)CCN(C2CCS(=O)(=O)C2)S(C)(=O)=O)c1. The summed E-state index contributed by atoms with van der Waals surface area (Å²) in [6.07, 6.45) is 1.28. The highest BCUT2D eigenvalue weighted by atomic mass is 32.2. The fourth-order valence-electron chi connectivity index (χ4n) is 2.92. The predicted molar refractivity (Wildman–Crippen MR) is 97.8 cm³/mol. The maximum Gasteiger partial charge on any atom is 0.225 e. The number of benzene rings is 1. The van der Waals surface area contributed by atoms with Crippen molar-refractivity contribution in [1.29, 1.82) is 0 Å². The van der Waals surface area contributed by atoms with Crippen molar-refractivity contribution in [2.45, 2.75) is 32.7 Å². The summed E-state index contributed by atoms with van der Waals surface area (Å²) in [5.41, 5.74) is 2.62. The highest BCUT2D eigenvalue weighted by Gasteiger charge is 2.36. The number of carbonyl (C=O) groups excluding carboxylic acids is 1. The molecule has 1 aliphatic rings. The normalized spacial score (nSPS) is 19.9. The van der Waals surface area contributed by atoms with Crippen molar-refractivity contribution in [1.82, 2.24) is 4.31 Å². The fraction of sp³-hybridized carbons (Fsp3) is 0.562. The van der Waals surface area contributed by atoms with Gasteiger partial charge < -0.3 is 5.32 Å². The van der Waals surface area contributed by atoms with Crippen molar-refractivity contribution in [3.8, 4) is 0 Å². The van der Waals surface area contributed by atoms with Crippen LogP contribution in [0.15, 0.2) is 18.2 Å². The van der Waals surface area contributed by atoms with E-state index in [0.29, 0.717) is 5.69 Å². The monoisotopic (exact) mass is 388 g/mol. The van der Waals surface area contributed by atoms with Crippen LogP contribution in [0.4, 0.5) is 5.69 Å². The van der Waals surface area contributed by atoms with E-state index in [-0.39, 0.29) is 36.8 Å². The summed E-state index contributed by atoms with van der Waals surface area (Å²) in [5.74, 6) is -0.500. The van der Waals surface area contributed by atoms with Crippen LogP contribution < -0.4 is 5.32 Å². The van der Waals surface area contributed by atoms with Crippen molar-refractivity contribution in [2.24, 2.45) is 0 Å². The van der Waals surface area contributed by atoms with Gasteiger partial charge in [0.2, 0.25) is 15.9 Å². The summed E-state index contributed by atoms with van der Waals surface area (Å²) >= 11 is 0. The Hall–Kier alpha value is -1.45. The number of nitrogens with one attached hydrogen (secondary N) is 1. The first kappa shape index (κ1) is 19.9. The van der Waals surface area contributed by atoms with Gasteiger partial charge in [-0.1, -0.05) is 12.1 Å². The molecule has 0 saturated carbocycles. The lowest BCUT2D eigenvalue weighted by Gasteiger charge is -2.25. The molecule has 9 heteroatoms. The zero-order valence-electron chi connectivity index (χ0n) is 14.6. The quantitative estimate of drug-likeness (QED) is 0.786. The molecule has 25 heavy (non-hydrogen) atoms. The average molecular weight is 389 g/mol. The Kier molecular flexibility index (Phi) is 5.90. The third kappa shape index (κ3) is 5.52. The maximum absolute atomic E-state index is 12.2. The largest absolute Gasteiger partial charge is 0.326 e. The van der Waals surface area contributed by atoms with Crippen molar-refractivity contribution in [2.75, 3.05) is 29.6 Å². The molecule has 1 atom stereocenters. The van der Waals surface area contributed by atoms with Crippen LogP contribution in [0.1, 0.15) is 24.0 Å². The molecule has 1 aromatic carbocycles. The van der Waals surface area contributed by atoms with E-state index in [0.717, 1.165) is 21.7 Å². The number of nitrogens with zero attached hydrogens (tertiary/aromatic N) is 1. The number of aryl methyl sites for hydroxylation is 2. The fourth-order valence-corrected chi connectivity index (χ4v) is 5.89. The van der Waals surface area contributed by atoms with Gasteiger partial charge in [-0.15, -0.1) is 0 Å². The summed E-state index contributed by atoms with van der Waals surface area (Å²) in [4.78, 5) is 12.2. The van der Waals surface area contributed by atoms with Gasteiger partial charge >= 0.3 is 0 Å². The Morgan fingerprint density at radius 3 is 2.56 bits per heavy atom. The number of carbonyl (C=O) groups is 1. The first-order chi connectivity index (χ1) is 11.5. The van der Waals surface area contributed by atoms with Crippen molar-refractivity contribution in [3.05, 3.63) is 29.3 Å². The van der Waals surface area contributed by atoms with Crippen molar-refractivity contribution in [3.63, 3.8) is 0 Å². The Bertz CT molecular complexity index is 863. The van der Waals surface area contributed by atoms with Gasteiger partial charge in [0.15, 0.2) is 9.84 Å². The first-order valence-electron chi connectivity index (χ1n) is 8.02. The summed E-state index contributed by atoms with van der Waals surface area (Å²) in [7, 11) is -6.80. The third-order valence-corrected chi connectivity index (χ3v) is 7.35. The molecule has 0 bridgehead atoms. The number of rotatable bonds is 6. The number of anilines is 1. The second kappa shape index (κ2) is 7.43. The number of amides is 1. The Balaban J connectivity index is 2.03. The van der Waals surface area contributed by atoms with Gasteiger partial charge in [-0.05, 0) is 37.5 Å². The second-order valence-electron chi connectivity index (χ2n) is 6.55. The van der Waals surface area contributed by atoms with E-state index in [1.807, 2.05) is 32.0 Å². The van der Waals surface area contributed by atoms with Crippen LogP contribution >= 0.6 is 0 Å². The van der Waals surface area contributed by atoms with Crippen molar-refractivity contribution >= 4 is 31.5 Å². The van der Waals surface area contributed by atoms with E-state index in [1.165, 1.54) is 0 Å². The molecule has 0 spiro atoms. The molecule has 1 unspecified atom stereocenters. The van der Waals surface area contributed by atoms with Gasteiger partial charge in [-0.2, -0.15) is 4.31 Å². The summed E-state index contributed by atoms with van der Waals surface area (Å²) in [6.45, 7) is 3.76. The molecule has 1 aliphatic heterocycles. The molecule has 1 fully saturated rings. The molecule has 1 amide bonds. The Morgan fingerprint density at radius 1 is 1.32 bits per heavy atom. The molecule has 140 valence electrons. The van der Waals surface area contributed by atoms with Crippen LogP contribution in [0.3, 0.4) is 0 Å². The van der Waals surface area contributed by atoms with Crippen LogP contribution in [0.5, 0.6) is 0 Å². The molecule has 1 aromatic rings. The highest BCUT2D eigenvalue weighted by Crippen LogP contribution is 2.21.